The Labute approximate surface area is 154 Å². The summed E-state index contributed by atoms with van der Waals surface area (Å²) in [5, 5.41) is 9.06. The number of nitrogens with zero attached hydrogens (tertiary/aromatic N) is 1. The molecule has 0 aromatic heterocycles. The highest BCUT2D eigenvalue weighted by molar-refractivity contribution is 5.83. The molecular weight excluding hydrogens is 314 g/mol. The van der Waals surface area contributed by atoms with Gasteiger partial charge in [-0.3, -0.25) is 9.59 Å². The molecule has 0 fully saturated rings. The number of amides is 1. The van der Waals surface area contributed by atoms with Crippen molar-refractivity contribution in [2.24, 2.45) is 5.92 Å². The van der Waals surface area contributed by atoms with Crippen molar-refractivity contribution in [3.63, 3.8) is 0 Å². The maximum Gasteiger partial charge on any atom is 0.304 e. The zero-order valence-corrected chi connectivity index (χ0v) is 16.6. The van der Waals surface area contributed by atoms with Gasteiger partial charge in [-0.25, -0.2) is 0 Å². The fourth-order valence-electron chi connectivity index (χ4n) is 3.07. The number of carboxylic acid groups (broad SMARTS) is 1. The van der Waals surface area contributed by atoms with Gasteiger partial charge in [0.05, 0.1) is 6.42 Å². The van der Waals surface area contributed by atoms with Crippen molar-refractivity contribution >= 4 is 11.9 Å². The van der Waals surface area contributed by atoms with E-state index >= 15 is 0 Å². The summed E-state index contributed by atoms with van der Waals surface area (Å²) in [5.41, 5.74) is 0. The third-order valence-electron chi connectivity index (χ3n) is 4.66. The second kappa shape index (κ2) is 16.2. The van der Waals surface area contributed by atoms with E-state index in [-0.39, 0.29) is 18.2 Å². The first kappa shape index (κ1) is 23.7. The highest BCUT2D eigenvalue weighted by Gasteiger charge is 2.24. The molecule has 1 atom stereocenters. The van der Waals surface area contributed by atoms with Crippen molar-refractivity contribution in [1.29, 1.82) is 0 Å². The van der Waals surface area contributed by atoms with E-state index in [1.807, 2.05) is 13.8 Å². The van der Waals surface area contributed by atoms with Crippen LogP contribution >= 0.6 is 0 Å². The molecule has 1 unspecified atom stereocenters. The van der Waals surface area contributed by atoms with Crippen LogP contribution in [0.1, 0.15) is 91.4 Å². The Kier molecular flexibility index (Phi) is 15.3. The molecule has 4 heteroatoms. The lowest BCUT2D eigenvalue weighted by atomic mass is 9.95. The average molecular weight is 354 g/mol. The molecule has 0 aromatic rings. The van der Waals surface area contributed by atoms with Gasteiger partial charge < -0.3 is 10.0 Å². The Bertz CT molecular complexity index is 375. The van der Waals surface area contributed by atoms with E-state index in [9.17, 15) is 9.59 Å². The molecule has 0 bridgehead atoms. The zero-order chi connectivity index (χ0) is 18.9. The van der Waals surface area contributed by atoms with Crippen LogP contribution < -0.4 is 0 Å². The summed E-state index contributed by atoms with van der Waals surface area (Å²) >= 11 is 0. The van der Waals surface area contributed by atoms with Crippen LogP contribution in [0.15, 0.2) is 12.2 Å². The lowest BCUT2D eigenvalue weighted by molar-refractivity contribution is -0.144. The quantitative estimate of drug-likeness (QED) is 0.297. The number of aliphatic carboxylic acids is 1. The Hall–Kier alpha value is -1.32. The number of unbranched alkanes of at least 4 members (excludes halogenated alkanes) is 7. The molecule has 0 radical (unpaired) electrons. The van der Waals surface area contributed by atoms with Crippen molar-refractivity contribution in [2.75, 3.05) is 13.1 Å². The lowest BCUT2D eigenvalue weighted by Gasteiger charge is -2.24. The minimum Gasteiger partial charge on any atom is -0.481 e. The SMILES string of the molecule is CCCCCC/C=C/CCCCCC(CC(=O)O)C(=O)N(CC)CC. The van der Waals surface area contributed by atoms with Crippen LogP contribution in [0.4, 0.5) is 0 Å². The molecule has 0 aromatic carbocycles. The number of hydrogen-bond acceptors (Lipinski definition) is 2. The van der Waals surface area contributed by atoms with Crippen LogP contribution in [0, 0.1) is 5.92 Å². The van der Waals surface area contributed by atoms with E-state index in [0.717, 1.165) is 25.7 Å². The average Bonchev–Trinajstić information content (AvgIpc) is 2.59. The maximum atomic E-state index is 12.4. The van der Waals surface area contributed by atoms with E-state index in [2.05, 4.69) is 19.1 Å². The summed E-state index contributed by atoms with van der Waals surface area (Å²) in [5.74, 6) is -1.25. The van der Waals surface area contributed by atoms with Gasteiger partial charge in [0.15, 0.2) is 0 Å². The van der Waals surface area contributed by atoms with Gasteiger partial charge >= 0.3 is 5.97 Å². The molecule has 0 rings (SSSR count). The summed E-state index contributed by atoms with van der Waals surface area (Å²) < 4.78 is 0. The van der Waals surface area contributed by atoms with E-state index in [4.69, 9.17) is 5.11 Å². The fourth-order valence-corrected chi connectivity index (χ4v) is 3.07. The van der Waals surface area contributed by atoms with Crippen molar-refractivity contribution in [3.05, 3.63) is 12.2 Å². The fraction of sp³-hybridized carbons (Fsp3) is 0.810. The predicted molar refractivity (Wildman–Crippen MR) is 105 cm³/mol. The van der Waals surface area contributed by atoms with Crippen LogP contribution in [0.5, 0.6) is 0 Å². The van der Waals surface area contributed by atoms with Gasteiger partial charge in [0.2, 0.25) is 5.91 Å². The molecule has 0 aliphatic rings. The van der Waals surface area contributed by atoms with Crippen LogP contribution in [0.25, 0.3) is 0 Å². The Balaban J connectivity index is 3.97. The number of rotatable bonds is 16. The lowest BCUT2D eigenvalue weighted by Crippen LogP contribution is -2.36. The van der Waals surface area contributed by atoms with Gasteiger partial charge in [-0.05, 0) is 46.0 Å². The van der Waals surface area contributed by atoms with Crippen LogP contribution in [-0.4, -0.2) is 35.0 Å². The van der Waals surface area contributed by atoms with Crippen molar-refractivity contribution in [3.8, 4) is 0 Å². The van der Waals surface area contributed by atoms with Gasteiger partial charge in [0, 0.05) is 19.0 Å². The molecule has 0 heterocycles. The largest absolute Gasteiger partial charge is 0.481 e. The summed E-state index contributed by atoms with van der Waals surface area (Å²) in [6.07, 6.45) is 15.8. The van der Waals surface area contributed by atoms with E-state index in [1.165, 1.54) is 32.1 Å². The molecule has 1 N–H and O–H groups in total. The van der Waals surface area contributed by atoms with Gasteiger partial charge in [-0.2, -0.15) is 0 Å². The number of carbonyl (C=O) groups excluding carboxylic acids is 1. The molecule has 1 amide bonds. The number of hydrogen-bond donors (Lipinski definition) is 1. The summed E-state index contributed by atoms with van der Waals surface area (Å²) in [6.45, 7) is 7.40. The zero-order valence-electron chi connectivity index (χ0n) is 16.6. The summed E-state index contributed by atoms with van der Waals surface area (Å²) in [4.78, 5) is 25.2. The molecule has 0 spiro atoms. The van der Waals surface area contributed by atoms with Crippen LogP contribution in [0.3, 0.4) is 0 Å². The molecule has 146 valence electrons. The van der Waals surface area contributed by atoms with Crippen molar-refractivity contribution in [2.45, 2.75) is 91.4 Å². The first-order chi connectivity index (χ1) is 12.1. The molecule has 25 heavy (non-hydrogen) atoms. The maximum absolute atomic E-state index is 12.4. The number of carbonyl (C=O) groups is 2. The van der Waals surface area contributed by atoms with Gasteiger partial charge in [0.1, 0.15) is 0 Å². The van der Waals surface area contributed by atoms with Gasteiger partial charge in [0.25, 0.3) is 0 Å². The molecular formula is C21H39NO3. The van der Waals surface area contributed by atoms with Gasteiger partial charge in [-0.1, -0.05) is 51.2 Å². The topological polar surface area (TPSA) is 57.6 Å². The summed E-state index contributed by atoms with van der Waals surface area (Å²) in [7, 11) is 0. The van der Waals surface area contributed by atoms with E-state index in [0.29, 0.717) is 19.5 Å². The Morgan fingerprint density at radius 3 is 1.92 bits per heavy atom. The second-order valence-corrected chi connectivity index (χ2v) is 6.76. The van der Waals surface area contributed by atoms with Gasteiger partial charge in [-0.15, -0.1) is 0 Å². The number of allylic oxidation sites excluding steroid dienone is 2. The Morgan fingerprint density at radius 2 is 1.44 bits per heavy atom. The molecule has 0 aliphatic carbocycles. The highest BCUT2D eigenvalue weighted by atomic mass is 16.4. The smallest absolute Gasteiger partial charge is 0.304 e. The van der Waals surface area contributed by atoms with Crippen LogP contribution in [0.2, 0.25) is 0 Å². The Morgan fingerprint density at radius 1 is 0.880 bits per heavy atom. The monoisotopic (exact) mass is 353 g/mol. The van der Waals surface area contributed by atoms with Crippen molar-refractivity contribution in [1.82, 2.24) is 4.90 Å². The first-order valence-corrected chi connectivity index (χ1v) is 10.2. The highest BCUT2D eigenvalue weighted by Crippen LogP contribution is 2.18. The second-order valence-electron chi connectivity index (χ2n) is 6.76. The molecule has 0 aliphatic heterocycles. The third kappa shape index (κ3) is 12.7. The minimum absolute atomic E-state index is 0.000579. The normalized spacial score (nSPS) is 12.4. The first-order valence-electron chi connectivity index (χ1n) is 10.2. The van der Waals surface area contributed by atoms with E-state index < -0.39 is 5.97 Å². The third-order valence-corrected chi connectivity index (χ3v) is 4.66. The summed E-state index contributed by atoms with van der Waals surface area (Å²) in [6, 6.07) is 0. The standard InChI is InChI=1S/C21H39NO3/c1-4-7-8-9-10-11-12-13-14-15-16-17-19(18-20(23)24)21(25)22(5-2)6-3/h11-12,19H,4-10,13-18H2,1-3H3,(H,23,24)/b12-11+. The van der Waals surface area contributed by atoms with Crippen LogP contribution in [-0.2, 0) is 9.59 Å². The molecule has 4 nitrogen and oxygen atoms in total. The van der Waals surface area contributed by atoms with E-state index in [1.54, 1.807) is 4.90 Å². The minimum atomic E-state index is -0.878. The predicted octanol–water partition coefficient (Wildman–Crippen LogP) is 5.42. The molecule has 0 saturated heterocycles. The molecule has 0 saturated carbocycles. The number of carboxylic acids is 1. The van der Waals surface area contributed by atoms with Crippen molar-refractivity contribution < 1.29 is 14.7 Å².